The van der Waals surface area contributed by atoms with Crippen molar-refractivity contribution < 1.29 is 9.90 Å². The maximum absolute atomic E-state index is 11.1. The minimum absolute atomic E-state index is 0.0433. The molecule has 3 aromatic carbocycles. The molecule has 5 heterocycles. The Morgan fingerprint density at radius 1 is 0.826 bits per heavy atom. The molecule has 0 aliphatic carbocycles. The molecule has 0 radical (unpaired) electrons. The summed E-state index contributed by atoms with van der Waals surface area (Å²) in [5, 5.41) is 10.2. The molecule has 2 fully saturated rings. The van der Waals surface area contributed by atoms with Gasteiger partial charge in [-0.15, -0.1) is 0 Å². The molecular formula is C37H33N7O2. The van der Waals surface area contributed by atoms with Gasteiger partial charge in [-0.1, -0.05) is 42.5 Å². The Kier molecular flexibility index (Phi) is 6.95. The van der Waals surface area contributed by atoms with Crippen molar-refractivity contribution in [1.82, 2.24) is 24.4 Å². The van der Waals surface area contributed by atoms with Crippen molar-refractivity contribution in [3.8, 4) is 34.1 Å². The van der Waals surface area contributed by atoms with Crippen molar-refractivity contribution >= 4 is 29.0 Å². The lowest BCUT2D eigenvalue weighted by Gasteiger charge is -2.23. The summed E-state index contributed by atoms with van der Waals surface area (Å²) in [5.74, 6) is 2.31. The number of hydrogen-bond donors (Lipinski definition) is 2. The molecule has 46 heavy (non-hydrogen) atoms. The summed E-state index contributed by atoms with van der Waals surface area (Å²) in [6.45, 7) is 4.84. The average Bonchev–Trinajstić information content (AvgIpc) is 3.77. The number of nitrogen functional groups attached to an aromatic ring is 1. The maximum atomic E-state index is 11.1. The maximum Gasteiger partial charge on any atom is 0.165 e. The zero-order chi connectivity index (χ0) is 31.2. The summed E-state index contributed by atoms with van der Waals surface area (Å²) < 4.78 is 2.08. The molecular weight excluding hydrogens is 574 g/mol. The van der Waals surface area contributed by atoms with E-state index in [0.717, 1.165) is 72.1 Å². The van der Waals surface area contributed by atoms with Crippen molar-refractivity contribution in [2.24, 2.45) is 11.8 Å². The third-order valence-corrected chi connectivity index (χ3v) is 9.32. The molecule has 2 aliphatic heterocycles. The van der Waals surface area contributed by atoms with Gasteiger partial charge < -0.3 is 15.7 Å². The highest BCUT2D eigenvalue weighted by Gasteiger charge is 2.40. The fraction of sp³-hybridized carbons (Fsp3) is 0.189. The number of anilines is 2. The van der Waals surface area contributed by atoms with Gasteiger partial charge in [0.05, 0.1) is 16.8 Å². The number of phenols is 1. The number of nitrogens with zero attached hydrogens (tertiary/aromatic N) is 6. The monoisotopic (exact) mass is 607 g/mol. The van der Waals surface area contributed by atoms with Crippen LogP contribution in [0.2, 0.25) is 0 Å². The van der Waals surface area contributed by atoms with E-state index in [-0.39, 0.29) is 5.75 Å². The van der Waals surface area contributed by atoms with Gasteiger partial charge in [-0.05, 0) is 65.9 Å². The van der Waals surface area contributed by atoms with Gasteiger partial charge in [0.15, 0.2) is 17.8 Å². The number of aromatic hydroxyl groups is 1. The van der Waals surface area contributed by atoms with Gasteiger partial charge >= 0.3 is 0 Å². The number of imidazole rings is 1. The molecule has 228 valence electrons. The predicted octanol–water partition coefficient (Wildman–Crippen LogP) is 5.82. The molecule has 0 saturated carbocycles. The first-order valence-electron chi connectivity index (χ1n) is 15.5. The van der Waals surface area contributed by atoms with E-state index < -0.39 is 0 Å². The molecule has 0 spiro atoms. The van der Waals surface area contributed by atoms with Gasteiger partial charge in [-0.25, -0.2) is 15.0 Å². The van der Waals surface area contributed by atoms with Crippen molar-refractivity contribution in [2.75, 3.05) is 36.8 Å². The zero-order valence-electron chi connectivity index (χ0n) is 25.2. The number of hydrogen-bond acceptors (Lipinski definition) is 8. The summed E-state index contributed by atoms with van der Waals surface area (Å²) >= 11 is 0. The summed E-state index contributed by atoms with van der Waals surface area (Å²) in [7, 11) is 0. The molecule has 2 saturated heterocycles. The first-order valence-corrected chi connectivity index (χ1v) is 15.5. The van der Waals surface area contributed by atoms with Gasteiger partial charge in [0.25, 0.3) is 0 Å². The number of fused-ring (bicyclic) bond motifs is 2. The SMILES string of the molecule is Nc1ncccc1-c1nc2ccc(-c3ccccc3)nc2n1-c1ccc(CN2C[C@@H]3CN(c4ccc(C=O)c(O)c4)C[C@@H]3C2)cc1. The largest absolute Gasteiger partial charge is 0.507 e. The Hall–Kier alpha value is -5.54. The Balaban J connectivity index is 1.04. The van der Waals surface area contributed by atoms with E-state index in [1.807, 2.05) is 48.5 Å². The van der Waals surface area contributed by atoms with E-state index in [4.69, 9.17) is 15.7 Å². The van der Waals surface area contributed by atoms with Crippen LogP contribution < -0.4 is 10.6 Å². The number of aromatic nitrogens is 4. The highest BCUT2D eigenvalue weighted by atomic mass is 16.3. The number of phenolic OH excluding ortho intramolecular Hbond substituents is 1. The normalized spacial score (nSPS) is 17.9. The van der Waals surface area contributed by atoms with E-state index in [0.29, 0.717) is 35.3 Å². The highest BCUT2D eigenvalue weighted by Crippen LogP contribution is 2.36. The Morgan fingerprint density at radius 2 is 1.59 bits per heavy atom. The van der Waals surface area contributed by atoms with E-state index >= 15 is 0 Å². The van der Waals surface area contributed by atoms with Crippen molar-refractivity contribution in [3.63, 3.8) is 0 Å². The topological polar surface area (TPSA) is 113 Å². The molecule has 9 heteroatoms. The molecule has 3 N–H and O–H groups in total. The number of carbonyl (C=O) groups excluding carboxylic acids is 1. The van der Waals surface area contributed by atoms with E-state index in [2.05, 4.69) is 55.7 Å². The second kappa shape index (κ2) is 11.4. The molecule has 0 bridgehead atoms. The lowest BCUT2D eigenvalue weighted by atomic mass is 10.0. The quantitative estimate of drug-likeness (QED) is 0.219. The second-order valence-corrected chi connectivity index (χ2v) is 12.3. The summed E-state index contributed by atoms with van der Waals surface area (Å²) in [4.78, 5) is 30.3. The fourth-order valence-electron chi connectivity index (χ4n) is 7.03. The standard InChI is InChI=1S/C37H33N7O2/c38-35-31(7-4-16-39-35)36-41-33-15-14-32(25-5-2-1-3-6-25)40-37(33)44(36)29-11-8-24(9-12-29)18-42-19-27-21-43(22-28(27)20-42)30-13-10-26(23-45)34(46)17-30/h1-17,23,27-28,46H,18-22H2,(H2,38,39)/t27-,28+. The average molecular weight is 608 g/mol. The minimum atomic E-state index is 0.0433. The van der Waals surface area contributed by atoms with Crippen molar-refractivity contribution in [2.45, 2.75) is 6.54 Å². The van der Waals surface area contributed by atoms with Gasteiger partial charge in [0.2, 0.25) is 0 Å². The van der Waals surface area contributed by atoms with Crippen molar-refractivity contribution in [3.05, 3.63) is 114 Å². The third-order valence-electron chi connectivity index (χ3n) is 9.32. The summed E-state index contributed by atoms with van der Waals surface area (Å²) in [6.07, 6.45) is 2.38. The molecule has 0 amide bonds. The van der Waals surface area contributed by atoms with Crippen LogP contribution in [0.25, 0.3) is 39.5 Å². The number of rotatable bonds is 7. The van der Waals surface area contributed by atoms with E-state index in [9.17, 15) is 9.90 Å². The predicted molar refractivity (Wildman–Crippen MR) is 180 cm³/mol. The minimum Gasteiger partial charge on any atom is -0.507 e. The van der Waals surface area contributed by atoms with Crippen LogP contribution in [0.1, 0.15) is 15.9 Å². The molecule has 9 nitrogen and oxygen atoms in total. The first kappa shape index (κ1) is 28.0. The van der Waals surface area contributed by atoms with Crippen molar-refractivity contribution in [1.29, 1.82) is 0 Å². The van der Waals surface area contributed by atoms with Crippen LogP contribution in [0.4, 0.5) is 11.5 Å². The van der Waals surface area contributed by atoms with E-state index in [1.54, 1.807) is 18.3 Å². The highest BCUT2D eigenvalue weighted by molar-refractivity contribution is 5.84. The van der Waals surface area contributed by atoms with Crippen LogP contribution in [0.3, 0.4) is 0 Å². The lowest BCUT2D eigenvalue weighted by Crippen LogP contribution is -2.28. The van der Waals surface area contributed by atoms with E-state index in [1.165, 1.54) is 5.56 Å². The Bertz CT molecular complexity index is 2040. The van der Waals surface area contributed by atoms with Crippen LogP contribution in [-0.4, -0.2) is 62.0 Å². The number of aldehydes is 1. The van der Waals surface area contributed by atoms with Crippen LogP contribution >= 0.6 is 0 Å². The van der Waals surface area contributed by atoms with Crippen LogP contribution in [0.15, 0.2) is 103 Å². The smallest absolute Gasteiger partial charge is 0.165 e. The van der Waals surface area contributed by atoms with Gasteiger partial charge in [0, 0.05) is 61.9 Å². The zero-order valence-corrected chi connectivity index (χ0v) is 25.2. The number of pyridine rings is 2. The van der Waals surface area contributed by atoms with Gasteiger partial charge in [0.1, 0.15) is 17.1 Å². The summed E-state index contributed by atoms with van der Waals surface area (Å²) in [6, 6.07) is 32.0. The lowest BCUT2D eigenvalue weighted by molar-refractivity contribution is 0.112. The molecule has 3 aromatic heterocycles. The third kappa shape index (κ3) is 5.04. The van der Waals surface area contributed by atoms with Crippen LogP contribution in [0.5, 0.6) is 5.75 Å². The number of likely N-dealkylation sites (tertiary alicyclic amines) is 1. The number of nitrogens with two attached hydrogens (primary N) is 1. The molecule has 8 rings (SSSR count). The van der Waals surface area contributed by atoms with Gasteiger partial charge in [-0.2, -0.15) is 0 Å². The van der Waals surface area contributed by atoms with Crippen LogP contribution in [0, 0.1) is 11.8 Å². The first-order chi connectivity index (χ1) is 22.5. The van der Waals surface area contributed by atoms with Gasteiger partial charge in [-0.3, -0.25) is 14.3 Å². The molecule has 6 aromatic rings. The Labute approximate surface area is 266 Å². The number of benzene rings is 3. The number of carbonyl (C=O) groups is 1. The molecule has 0 unspecified atom stereocenters. The van der Waals surface area contributed by atoms with Crippen LogP contribution in [-0.2, 0) is 6.54 Å². The second-order valence-electron chi connectivity index (χ2n) is 12.3. The fourth-order valence-corrected chi connectivity index (χ4v) is 7.03. The Morgan fingerprint density at radius 3 is 2.30 bits per heavy atom. The molecule has 2 atom stereocenters. The summed E-state index contributed by atoms with van der Waals surface area (Å²) in [5.41, 5.74) is 14.1. The molecule has 2 aliphatic rings.